The molecule has 0 aliphatic heterocycles. The third-order valence-electron chi connectivity index (χ3n) is 5.14. The van der Waals surface area contributed by atoms with Crippen LogP contribution < -0.4 is 9.47 Å². The normalized spacial score (nSPS) is 11.0. The van der Waals surface area contributed by atoms with Gasteiger partial charge in [-0.3, -0.25) is 4.99 Å². The standard InChI is InChI=1S/C28H30ClNO3/c1-2-3-4-5-6-7-20-32-26-18-10-23(11-19-26)28(31)33-27-16-8-22(9-17-27)21-30-25-14-12-24(29)13-15-25/h8-19,21H,2-7,20H2,1H3. The lowest BCUT2D eigenvalue weighted by Gasteiger charge is -2.08. The van der Waals surface area contributed by atoms with Gasteiger partial charge < -0.3 is 9.47 Å². The fraction of sp³-hybridized carbons (Fsp3) is 0.286. The van der Waals surface area contributed by atoms with Crippen molar-refractivity contribution < 1.29 is 14.3 Å². The Hall–Kier alpha value is -3.11. The molecule has 0 unspecified atom stereocenters. The topological polar surface area (TPSA) is 47.9 Å². The zero-order valence-corrected chi connectivity index (χ0v) is 19.8. The van der Waals surface area contributed by atoms with Gasteiger partial charge in [-0.25, -0.2) is 4.79 Å². The van der Waals surface area contributed by atoms with E-state index in [1.54, 1.807) is 42.6 Å². The molecular weight excluding hydrogens is 434 g/mol. The van der Waals surface area contributed by atoms with Crippen molar-refractivity contribution >= 4 is 29.5 Å². The van der Waals surface area contributed by atoms with Gasteiger partial charge in [-0.15, -0.1) is 0 Å². The molecule has 0 amide bonds. The second-order valence-corrected chi connectivity index (χ2v) is 8.27. The molecule has 3 aromatic carbocycles. The van der Waals surface area contributed by atoms with E-state index in [1.807, 2.05) is 36.4 Å². The number of carbonyl (C=O) groups is 1. The number of ether oxygens (including phenoxy) is 2. The SMILES string of the molecule is CCCCCCCCOc1ccc(C(=O)Oc2ccc(C=Nc3ccc(Cl)cc3)cc2)cc1. The third kappa shape index (κ3) is 8.74. The molecule has 0 aromatic heterocycles. The number of hydrogen-bond acceptors (Lipinski definition) is 4. The number of unbranched alkanes of at least 4 members (excludes halogenated alkanes) is 5. The Balaban J connectivity index is 1.44. The molecule has 4 nitrogen and oxygen atoms in total. The fourth-order valence-electron chi connectivity index (χ4n) is 3.22. The van der Waals surface area contributed by atoms with Gasteiger partial charge in [-0.2, -0.15) is 0 Å². The highest BCUT2D eigenvalue weighted by atomic mass is 35.5. The monoisotopic (exact) mass is 463 g/mol. The maximum absolute atomic E-state index is 12.4. The van der Waals surface area contributed by atoms with Gasteiger partial charge in [0, 0.05) is 11.2 Å². The second kappa shape index (κ2) is 13.4. The maximum Gasteiger partial charge on any atom is 0.343 e. The minimum atomic E-state index is -0.403. The van der Waals surface area contributed by atoms with E-state index in [1.165, 1.54) is 32.1 Å². The minimum absolute atomic E-state index is 0.403. The van der Waals surface area contributed by atoms with E-state index in [4.69, 9.17) is 21.1 Å². The van der Waals surface area contributed by atoms with Gasteiger partial charge in [0.1, 0.15) is 11.5 Å². The van der Waals surface area contributed by atoms with Crippen LogP contribution in [-0.2, 0) is 0 Å². The Morgan fingerprint density at radius 2 is 1.45 bits per heavy atom. The average molecular weight is 464 g/mol. The Morgan fingerprint density at radius 3 is 2.15 bits per heavy atom. The highest BCUT2D eigenvalue weighted by Gasteiger charge is 2.09. The molecule has 33 heavy (non-hydrogen) atoms. The molecule has 0 fully saturated rings. The summed E-state index contributed by atoms with van der Waals surface area (Å²) in [7, 11) is 0. The molecule has 0 aliphatic rings. The molecule has 0 radical (unpaired) electrons. The van der Waals surface area contributed by atoms with Crippen LogP contribution in [0.5, 0.6) is 11.5 Å². The summed E-state index contributed by atoms with van der Waals surface area (Å²) in [5.74, 6) is 0.844. The Labute approximate surface area is 201 Å². The van der Waals surface area contributed by atoms with E-state index in [2.05, 4.69) is 11.9 Å². The van der Waals surface area contributed by atoms with Gasteiger partial charge in [0.05, 0.1) is 17.9 Å². The van der Waals surface area contributed by atoms with Gasteiger partial charge in [-0.05, 0) is 84.8 Å². The first-order valence-electron chi connectivity index (χ1n) is 11.5. The predicted molar refractivity (Wildman–Crippen MR) is 135 cm³/mol. The fourth-order valence-corrected chi connectivity index (χ4v) is 3.35. The predicted octanol–water partition coefficient (Wildman–Crippen LogP) is 8.05. The molecule has 0 bridgehead atoms. The van der Waals surface area contributed by atoms with Crippen LogP contribution in [0.1, 0.15) is 61.4 Å². The van der Waals surface area contributed by atoms with Crippen molar-refractivity contribution in [1.29, 1.82) is 0 Å². The first-order chi connectivity index (χ1) is 16.1. The van der Waals surface area contributed by atoms with Crippen LogP contribution in [0.2, 0.25) is 5.02 Å². The van der Waals surface area contributed by atoms with Crippen LogP contribution in [0, 0.1) is 0 Å². The quantitative estimate of drug-likeness (QED) is 0.118. The summed E-state index contributed by atoms with van der Waals surface area (Å²) in [5.41, 5.74) is 2.20. The lowest BCUT2D eigenvalue weighted by atomic mass is 10.1. The van der Waals surface area contributed by atoms with E-state index in [0.717, 1.165) is 23.4 Å². The molecular formula is C28H30ClNO3. The molecule has 5 heteroatoms. The van der Waals surface area contributed by atoms with Gasteiger partial charge in [0.25, 0.3) is 0 Å². The summed E-state index contributed by atoms with van der Waals surface area (Å²) in [5, 5.41) is 0.676. The zero-order valence-electron chi connectivity index (χ0n) is 19.0. The molecule has 0 saturated carbocycles. The first-order valence-corrected chi connectivity index (χ1v) is 11.9. The molecule has 172 valence electrons. The summed E-state index contributed by atoms with van der Waals surface area (Å²) in [6, 6.07) is 21.6. The minimum Gasteiger partial charge on any atom is -0.494 e. The second-order valence-electron chi connectivity index (χ2n) is 7.83. The highest BCUT2D eigenvalue weighted by Crippen LogP contribution is 2.19. The largest absolute Gasteiger partial charge is 0.494 e. The Kier molecular flexibility index (Phi) is 9.99. The van der Waals surface area contributed by atoms with Gasteiger partial charge in [0.15, 0.2) is 0 Å². The van der Waals surface area contributed by atoms with Gasteiger partial charge >= 0.3 is 5.97 Å². The number of benzene rings is 3. The van der Waals surface area contributed by atoms with Crippen LogP contribution in [0.25, 0.3) is 0 Å². The maximum atomic E-state index is 12.4. The molecule has 0 aliphatic carbocycles. The van der Waals surface area contributed by atoms with Gasteiger partial charge in [0.2, 0.25) is 0 Å². The van der Waals surface area contributed by atoms with Crippen LogP contribution >= 0.6 is 11.6 Å². The van der Waals surface area contributed by atoms with E-state index in [0.29, 0.717) is 22.9 Å². The molecule has 0 atom stereocenters. The van der Waals surface area contributed by atoms with Crippen molar-refractivity contribution in [2.45, 2.75) is 45.4 Å². The summed E-state index contributed by atoms with van der Waals surface area (Å²) in [6.07, 6.45) is 9.12. The summed E-state index contributed by atoms with van der Waals surface area (Å²) < 4.78 is 11.2. The summed E-state index contributed by atoms with van der Waals surface area (Å²) >= 11 is 5.88. The van der Waals surface area contributed by atoms with Crippen molar-refractivity contribution in [3.05, 3.63) is 88.9 Å². The number of nitrogens with zero attached hydrogens (tertiary/aromatic N) is 1. The molecule has 0 saturated heterocycles. The number of halogens is 1. The lowest BCUT2D eigenvalue weighted by Crippen LogP contribution is -2.08. The van der Waals surface area contributed by atoms with Crippen molar-refractivity contribution in [2.75, 3.05) is 6.61 Å². The number of hydrogen-bond donors (Lipinski definition) is 0. The highest BCUT2D eigenvalue weighted by molar-refractivity contribution is 6.30. The molecule has 3 rings (SSSR count). The smallest absolute Gasteiger partial charge is 0.343 e. The average Bonchev–Trinajstić information content (AvgIpc) is 2.84. The van der Waals surface area contributed by atoms with E-state index in [-0.39, 0.29) is 0 Å². The van der Waals surface area contributed by atoms with Crippen molar-refractivity contribution in [1.82, 2.24) is 0 Å². The lowest BCUT2D eigenvalue weighted by molar-refractivity contribution is 0.0734. The van der Waals surface area contributed by atoms with Crippen molar-refractivity contribution in [3.63, 3.8) is 0 Å². The van der Waals surface area contributed by atoms with Crippen LogP contribution in [-0.4, -0.2) is 18.8 Å². The molecule has 3 aromatic rings. The Morgan fingerprint density at radius 1 is 0.818 bits per heavy atom. The molecule has 0 N–H and O–H groups in total. The number of carbonyl (C=O) groups excluding carboxylic acids is 1. The molecule has 0 spiro atoms. The van der Waals surface area contributed by atoms with Crippen LogP contribution in [0.4, 0.5) is 5.69 Å². The number of aliphatic imine (C=N–C) groups is 1. The van der Waals surface area contributed by atoms with Crippen LogP contribution in [0.15, 0.2) is 77.8 Å². The van der Waals surface area contributed by atoms with Crippen molar-refractivity contribution in [2.24, 2.45) is 4.99 Å². The number of rotatable bonds is 12. The van der Waals surface area contributed by atoms with Gasteiger partial charge in [-0.1, -0.05) is 50.6 Å². The van der Waals surface area contributed by atoms with Crippen molar-refractivity contribution in [3.8, 4) is 11.5 Å². The van der Waals surface area contributed by atoms with E-state index >= 15 is 0 Å². The van der Waals surface area contributed by atoms with E-state index in [9.17, 15) is 4.79 Å². The summed E-state index contributed by atoms with van der Waals surface area (Å²) in [6.45, 7) is 2.92. The third-order valence-corrected chi connectivity index (χ3v) is 5.39. The Bertz CT molecular complexity index is 1010. The van der Waals surface area contributed by atoms with E-state index < -0.39 is 5.97 Å². The zero-order chi connectivity index (χ0) is 23.3. The molecule has 0 heterocycles. The number of esters is 1. The van der Waals surface area contributed by atoms with Crippen LogP contribution in [0.3, 0.4) is 0 Å². The first kappa shape index (κ1) is 24.5. The summed E-state index contributed by atoms with van der Waals surface area (Å²) in [4.78, 5) is 16.8.